The van der Waals surface area contributed by atoms with E-state index < -0.39 is 22.0 Å². The number of carbonyl (C=O) groups is 1. The van der Waals surface area contributed by atoms with Gasteiger partial charge in [-0.05, 0) is 44.2 Å². The van der Waals surface area contributed by atoms with Crippen molar-refractivity contribution in [3.05, 3.63) is 42.0 Å². The molecule has 0 unspecified atom stereocenters. The average Bonchev–Trinajstić information content (AvgIpc) is 2.81. The number of ether oxygens (including phenoxy) is 4. The van der Waals surface area contributed by atoms with Crippen LogP contribution >= 0.6 is 0 Å². The second-order valence-corrected chi connectivity index (χ2v) is 9.31. The number of nitrogens with zero attached hydrogens (tertiary/aromatic N) is 1. The highest BCUT2D eigenvalue weighted by Crippen LogP contribution is 2.35. The van der Waals surface area contributed by atoms with Crippen LogP contribution in [0, 0.1) is 0 Å². The van der Waals surface area contributed by atoms with E-state index >= 15 is 0 Å². The van der Waals surface area contributed by atoms with Crippen LogP contribution in [-0.4, -0.2) is 54.1 Å². The summed E-state index contributed by atoms with van der Waals surface area (Å²) in [6, 6.07) is 9.65. The zero-order chi connectivity index (χ0) is 23.3. The number of methoxy groups -OCH3 is 2. The molecule has 1 amide bonds. The standard InChI is InChI=1S/C22H28N2O7S/c1-5-32(26,27)24(16-6-8-20-21(12-16)31-11-10-30-20)14-22(25)23-15(2)18-13-17(28-3)7-9-19(18)29-4/h6-9,12-13,15H,5,10-11,14H2,1-4H3,(H,23,25)/t15-/m1/s1. The molecule has 1 aliphatic heterocycles. The minimum absolute atomic E-state index is 0.159. The average molecular weight is 465 g/mol. The van der Waals surface area contributed by atoms with Crippen LogP contribution in [0.4, 0.5) is 5.69 Å². The Morgan fingerprint density at radius 2 is 1.81 bits per heavy atom. The minimum Gasteiger partial charge on any atom is -0.497 e. The highest BCUT2D eigenvalue weighted by molar-refractivity contribution is 7.92. The van der Waals surface area contributed by atoms with Crippen molar-refractivity contribution < 1.29 is 32.2 Å². The van der Waals surface area contributed by atoms with Crippen LogP contribution in [-0.2, 0) is 14.8 Å². The molecule has 1 aliphatic rings. The van der Waals surface area contributed by atoms with Crippen LogP contribution in [0.15, 0.2) is 36.4 Å². The molecule has 1 atom stereocenters. The zero-order valence-electron chi connectivity index (χ0n) is 18.6. The molecule has 1 heterocycles. The third kappa shape index (κ3) is 5.18. The van der Waals surface area contributed by atoms with Gasteiger partial charge >= 0.3 is 0 Å². The normalized spacial score (nSPS) is 13.8. The van der Waals surface area contributed by atoms with E-state index in [1.165, 1.54) is 14.0 Å². The summed E-state index contributed by atoms with van der Waals surface area (Å²) in [5, 5.41) is 2.84. The van der Waals surface area contributed by atoms with Crippen molar-refractivity contribution in [3.63, 3.8) is 0 Å². The first-order valence-electron chi connectivity index (χ1n) is 10.2. The second-order valence-electron chi connectivity index (χ2n) is 7.13. The summed E-state index contributed by atoms with van der Waals surface area (Å²) in [6.07, 6.45) is 0. The van der Waals surface area contributed by atoms with Crippen LogP contribution in [0.25, 0.3) is 0 Å². The van der Waals surface area contributed by atoms with E-state index in [9.17, 15) is 13.2 Å². The van der Waals surface area contributed by atoms with Crippen LogP contribution in [0.5, 0.6) is 23.0 Å². The Balaban J connectivity index is 1.82. The SMILES string of the molecule is CCS(=O)(=O)N(CC(=O)N[C@H](C)c1cc(OC)ccc1OC)c1ccc2c(c1)OCCO2. The summed E-state index contributed by atoms with van der Waals surface area (Å²) in [6.45, 7) is 3.74. The first-order valence-corrected chi connectivity index (χ1v) is 11.8. The second kappa shape index (κ2) is 9.99. The van der Waals surface area contributed by atoms with E-state index in [-0.39, 0.29) is 12.3 Å². The summed E-state index contributed by atoms with van der Waals surface area (Å²) in [5.74, 6) is 1.57. The Morgan fingerprint density at radius 1 is 1.09 bits per heavy atom. The predicted molar refractivity (Wildman–Crippen MR) is 120 cm³/mol. The Morgan fingerprint density at radius 3 is 2.47 bits per heavy atom. The molecule has 0 saturated heterocycles. The van der Waals surface area contributed by atoms with Gasteiger partial charge in [-0.25, -0.2) is 8.42 Å². The molecular formula is C22H28N2O7S. The van der Waals surface area contributed by atoms with Gasteiger partial charge in [0.15, 0.2) is 11.5 Å². The number of carbonyl (C=O) groups excluding carboxylic acids is 1. The molecule has 3 rings (SSSR count). The summed E-state index contributed by atoms with van der Waals surface area (Å²) < 4.78 is 48.3. The number of hydrogen-bond donors (Lipinski definition) is 1. The van der Waals surface area contributed by atoms with Crippen molar-refractivity contribution in [2.45, 2.75) is 19.9 Å². The van der Waals surface area contributed by atoms with Crippen molar-refractivity contribution in [1.29, 1.82) is 0 Å². The molecule has 10 heteroatoms. The molecule has 2 aromatic carbocycles. The van der Waals surface area contributed by atoms with Gasteiger partial charge < -0.3 is 24.3 Å². The first kappa shape index (κ1) is 23.5. The summed E-state index contributed by atoms with van der Waals surface area (Å²) >= 11 is 0. The first-order chi connectivity index (χ1) is 15.3. The van der Waals surface area contributed by atoms with Gasteiger partial charge in [-0.15, -0.1) is 0 Å². The Hall–Kier alpha value is -3.14. The summed E-state index contributed by atoms with van der Waals surface area (Å²) in [7, 11) is -0.637. The molecule has 0 radical (unpaired) electrons. The molecule has 174 valence electrons. The van der Waals surface area contributed by atoms with Crippen LogP contribution in [0.1, 0.15) is 25.5 Å². The molecule has 9 nitrogen and oxygen atoms in total. The number of benzene rings is 2. The fourth-order valence-electron chi connectivity index (χ4n) is 3.37. The Bertz CT molecular complexity index is 1070. The number of fused-ring (bicyclic) bond motifs is 1. The van der Waals surface area contributed by atoms with Crippen molar-refractivity contribution >= 4 is 21.6 Å². The van der Waals surface area contributed by atoms with E-state index in [2.05, 4.69) is 5.32 Å². The fourth-order valence-corrected chi connectivity index (χ4v) is 4.43. The third-order valence-electron chi connectivity index (χ3n) is 5.08. The number of hydrogen-bond acceptors (Lipinski definition) is 7. The quantitative estimate of drug-likeness (QED) is 0.608. The molecule has 0 fully saturated rings. The summed E-state index contributed by atoms with van der Waals surface area (Å²) in [5.41, 5.74) is 1.04. The van der Waals surface area contributed by atoms with E-state index in [0.717, 1.165) is 4.31 Å². The smallest absolute Gasteiger partial charge is 0.241 e. The van der Waals surface area contributed by atoms with Crippen molar-refractivity contribution in [2.75, 3.05) is 44.0 Å². The largest absolute Gasteiger partial charge is 0.497 e. The van der Waals surface area contributed by atoms with Crippen LogP contribution in [0.2, 0.25) is 0 Å². The molecule has 0 spiro atoms. The topological polar surface area (TPSA) is 103 Å². The van der Waals surface area contributed by atoms with Gasteiger partial charge in [-0.2, -0.15) is 0 Å². The van der Waals surface area contributed by atoms with Gasteiger partial charge in [0.2, 0.25) is 15.9 Å². The molecule has 0 saturated carbocycles. The van der Waals surface area contributed by atoms with Crippen molar-refractivity contribution in [1.82, 2.24) is 5.32 Å². The van der Waals surface area contributed by atoms with Gasteiger partial charge in [0.05, 0.1) is 31.7 Å². The lowest BCUT2D eigenvalue weighted by molar-refractivity contribution is -0.120. The van der Waals surface area contributed by atoms with E-state index in [1.807, 2.05) is 0 Å². The van der Waals surface area contributed by atoms with E-state index in [1.54, 1.807) is 50.4 Å². The van der Waals surface area contributed by atoms with Crippen LogP contribution in [0.3, 0.4) is 0 Å². The van der Waals surface area contributed by atoms with E-state index in [4.69, 9.17) is 18.9 Å². The maximum absolute atomic E-state index is 12.9. The van der Waals surface area contributed by atoms with Gasteiger partial charge in [0.1, 0.15) is 31.3 Å². The molecular weight excluding hydrogens is 436 g/mol. The number of amides is 1. The molecule has 0 aliphatic carbocycles. The number of anilines is 1. The van der Waals surface area contributed by atoms with Crippen LogP contribution < -0.4 is 28.6 Å². The van der Waals surface area contributed by atoms with Gasteiger partial charge in [0.25, 0.3) is 0 Å². The lowest BCUT2D eigenvalue weighted by atomic mass is 10.1. The molecule has 0 bridgehead atoms. The van der Waals surface area contributed by atoms with Gasteiger partial charge in [-0.1, -0.05) is 0 Å². The van der Waals surface area contributed by atoms with Gasteiger partial charge in [0, 0.05) is 11.6 Å². The number of rotatable bonds is 9. The van der Waals surface area contributed by atoms with Crippen molar-refractivity contribution in [2.24, 2.45) is 0 Å². The maximum Gasteiger partial charge on any atom is 0.241 e. The molecule has 2 aromatic rings. The zero-order valence-corrected chi connectivity index (χ0v) is 19.4. The molecule has 32 heavy (non-hydrogen) atoms. The Labute approximate surface area is 188 Å². The number of sulfonamides is 1. The maximum atomic E-state index is 12.9. The lowest BCUT2D eigenvalue weighted by Crippen LogP contribution is -2.42. The van der Waals surface area contributed by atoms with Crippen molar-refractivity contribution in [3.8, 4) is 23.0 Å². The number of nitrogens with one attached hydrogen (secondary N) is 1. The third-order valence-corrected chi connectivity index (χ3v) is 6.82. The highest BCUT2D eigenvalue weighted by atomic mass is 32.2. The lowest BCUT2D eigenvalue weighted by Gasteiger charge is -2.26. The monoisotopic (exact) mass is 464 g/mol. The summed E-state index contributed by atoms with van der Waals surface area (Å²) in [4.78, 5) is 12.9. The molecule has 1 N–H and O–H groups in total. The van der Waals surface area contributed by atoms with Gasteiger partial charge in [-0.3, -0.25) is 9.10 Å². The Kier molecular flexibility index (Phi) is 7.34. The predicted octanol–water partition coefficient (Wildman–Crippen LogP) is 2.51. The minimum atomic E-state index is -3.73. The molecule has 0 aromatic heterocycles. The van der Waals surface area contributed by atoms with E-state index in [0.29, 0.717) is 47.5 Å². The fraction of sp³-hybridized carbons (Fsp3) is 0.409. The highest BCUT2D eigenvalue weighted by Gasteiger charge is 2.26.